The molecule has 1 aromatic carbocycles. The van der Waals surface area contributed by atoms with Gasteiger partial charge in [0.25, 0.3) is 5.92 Å². The molecular formula is C17H20F2O4. The van der Waals surface area contributed by atoms with Crippen molar-refractivity contribution in [3.05, 3.63) is 48.0 Å². The van der Waals surface area contributed by atoms with Gasteiger partial charge in [-0.15, -0.1) is 0 Å². The zero-order chi connectivity index (χ0) is 16.7. The fraction of sp³-hybridized carbons (Fsp3) is 0.529. The molecule has 3 atom stereocenters. The number of alkyl halides is 2. The number of halogens is 2. The highest BCUT2D eigenvalue weighted by Crippen LogP contribution is 2.48. The van der Waals surface area contributed by atoms with Crippen LogP contribution in [0.4, 0.5) is 8.78 Å². The molecule has 0 radical (unpaired) electrons. The van der Waals surface area contributed by atoms with Crippen LogP contribution in [-0.4, -0.2) is 41.2 Å². The van der Waals surface area contributed by atoms with E-state index in [1.54, 1.807) is 13.8 Å². The van der Waals surface area contributed by atoms with Crippen LogP contribution in [0.5, 0.6) is 0 Å². The first-order valence-electron chi connectivity index (χ1n) is 7.51. The SMILES string of the molecule is CC1(C)OC[C@@]2(O1)[C@@H](O)[C@H](OCc1ccccc1)C=CC2(F)F. The number of benzene rings is 1. The van der Waals surface area contributed by atoms with Gasteiger partial charge >= 0.3 is 0 Å². The maximum absolute atomic E-state index is 14.4. The Morgan fingerprint density at radius 3 is 2.57 bits per heavy atom. The summed E-state index contributed by atoms with van der Waals surface area (Å²) in [5, 5.41) is 10.5. The molecule has 0 saturated carbocycles. The summed E-state index contributed by atoms with van der Waals surface area (Å²) in [5.41, 5.74) is -1.24. The summed E-state index contributed by atoms with van der Waals surface area (Å²) in [6.07, 6.45) is -0.506. The molecule has 3 rings (SSSR count). The molecule has 1 aromatic rings. The summed E-state index contributed by atoms with van der Waals surface area (Å²) < 4.78 is 45.1. The normalized spacial score (nSPS) is 34.8. The first kappa shape index (κ1) is 16.5. The molecule has 1 fully saturated rings. The van der Waals surface area contributed by atoms with Crippen LogP contribution >= 0.6 is 0 Å². The Bertz CT molecular complexity index is 588. The predicted octanol–water partition coefficient (Wildman–Crippen LogP) is 2.66. The van der Waals surface area contributed by atoms with Gasteiger partial charge in [-0.2, -0.15) is 8.78 Å². The summed E-state index contributed by atoms with van der Waals surface area (Å²) in [7, 11) is 0. The van der Waals surface area contributed by atoms with Crippen molar-refractivity contribution >= 4 is 0 Å². The molecular weight excluding hydrogens is 306 g/mol. The van der Waals surface area contributed by atoms with E-state index < -0.39 is 36.1 Å². The number of hydrogen-bond donors (Lipinski definition) is 1. The number of hydrogen-bond acceptors (Lipinski definition) is 4. The van der Waals surface area contributed by atoms with Gasteiger partial charge in [0.05, 0.1) is 13.2 Å². The lowest BCUT2D eigenvalue weighted by Gasteiger charge is -2.43. The molecule has 1 aliphatic carbocycles. The molecule has 1 heterocycles. The van der Waals surface area contributed by atoms with Crippen LogP contribution < -0.4 is 0 Å². The Labute approximate surface area is 133 Å². The van der Waals surface area contributed by atoms with Gasteiger partial charge in [-0.1, -0.05) is 36.4 Å². The largest absolute Gasteiger partial charge is 0.387 e. The van der Waals surface area contributed by atoms with Crippen molar-refractivity contribution in [2.75, 3.05) is 6.61 Å². The highest BCUT2D eigenvalue weighted by atomic mass is 19.3. The minimum atomic E-state index is -3.34. The van der Waals surface area contributed by atoms with Crippen LogP contribution in [0.1, 0.15) is 19.4 Å². The molecule has 1 spiro atoms. The molecule has 6 heteroatoms. The van der Waals surface area contributed by atoms with E-state index in [0.717, 1.165) is 11.6 Å². The summed E-state index contributed by atoms with van der Waals surface area (Å²) in [5.74, 6) is -4.52. The third-order valence-electron chi connectivity index (χ3n) is 4.20. The Kier molecular flexibility index (Phi) is 4.04. The molecule has 126 valence electrons. The molecule has 1 aliphatic heterocycles. The Morgan fingerprint density at radius 1 is 1.26 bits per heavy atom. The number of ether oxygens (including phenoxy) is 3. The first-order valence-corrected chi connectivity index (χ1v) is 7.51. The van der Waals surface area contributed by atoms with Gasteiger partial charge in [0.15, 0.2) is 11.4 Å². The lowest BCUT2D eigenvalue weighted by atomic mass is 9.82. The zero-order valence-electron chi connectivity index (χ0n) is 13.0. The van der Waals surface area contributed by atoms with Gasteiger partial charge in [-0.25, -0.2) is 0 Å². The van der Waals surface area contributed by atoms with E-state index in [9.17, 15) is 13.9 Å². The van der Waals surface area contributed by atoms with Crippen LogP contribution in [-0.2, 0) is 20.8 Å². The highest BCUT2D eigenvalue weighted by molar-refractivity contribution is 5.23. The maximum Gasteiger partial charge on any atom is 0.299 e. The average molecular weight is 326 g/mol. The zero-order valence-corrected chi connectivity index (χ0v) is 13.0. The van der Waals surface area contributed by atoms with Crippen molar-refractivity contribution in [3.63, 3.8) is 0 Å². The van der Waals surface area contributed by atoms with E-state index in [-0.39, 0.29) is 6.61 Å². The minimum Gasteiger partial charge on any atom is -0.387 e. The third kappa shape index (κ3) is 2.92. The lowest BCUT2D eigenvalue weighted by Crippen LogP contribution is -2.64. The van der Waals surface area contributed by atoms with Crippen molar-refractivity contribution in [3.8, 4) is 0 Å². The van der Waals surface area contributed by atoms with E-state index in [1.807, 2.05) is 30.3 Å². The predicted molar refractivity (Wildman–Crippen MR) is 79.0 cm³/mol. The molecule has 23 heavy (non-hydrogen) atoms. The van der Waals surface area contributed by atoms with E-state index in [2.05, 4.69) is 0 Å². The van der Waals surface area contributed by atoms with E-state index in [0.29, 0.717) is 0 Å². The summed E-state index contributed by atoms with van der Waals surface area (Å²) in [6.45, 7) is 2.90. The van der Waals surface area contributed by atoms with Crippen molar-refractivity contribution in [2.24, 2.45) is 0 Å². The van der Waals surface area contributed by atoms with Crippen LogP contribution in [0, 0.1) is 0 Å². The molecule has 0 unspecified atom stereocenters. The average Bonchev–Trinajstić information content (AvgIpc) is 2.84. The minimum absolute atomic E-state index is 0.207. The van der Waals surface area contributed by atoms with Gasteiger partial charge in [-0.05, 0) is 25.5 Å². The fourth-order valence-electron chi connectivity index (χ4n) is 2.93. The van der Waals surface area contributed by atoms with Crippen molar-refractivity contribution < 1.29 is 28.1 Å². The fourth-order valence-corrected chi connectivity index (χ4v) is 2.93. The smallest absolute Gasteiger partial charge is 0.299 e. The molecule has 2 aliphatic rings. The highest BCUT2D eigenvalue weighted by Gasteiger charge is 2.67. The van der Waals surface area contributed by atoms with Crippen LogP contribution in [0.25, 0.3) is 0 Å². The Balaban J connectivity index is 1.79. The first-order chi connectivity index (χ1) is 10.8. The third-order valence-corrected chi connectivity index (χ3v) is 4.20. The monoisotopic (exact) mass is 326 g/mol. The number of aliphatic hydroxyl groups is 1. The van der Waals surface area contributed by atoms with Crippen LogP contribution in [0.2, 0.25) is 0 Å². The summed E-state index contributed by atoms with van der Waals surface area (Å²) in [4.78, 5) is 0. The van der Waals surface area contributed by atoms with Gasteiger partial charge < -0.3 is 19.3 Å². The molecule has 0 aromatic heterocycles. The van der Waals surface area contributed by atoms with Gasteiger partial charge in [0.2, 0.25) is 0 Å². The molecule has 0 amide bonds. The topological polar surface area (TPSA) is 47.9 Å². The van der Waals surface area contributed by atoms with Crippen LogP contribution in [0.15, 0.2) is 42.5 Å². The van der Waals surface area contributed by atoms with Gasteiger partial charge in [0.1, 0.15) is 12.2 Å². The standard InChI is InChI=1S/C17H20F2O4/c1-15(2)22-11-16(23-15)14(20)13(8-9-17(16,18)19)21-10-12-6-4-3-5-7-12/h3-9,13-14,20H,10-11H2,1-2H3/t13-,14+,16-/m1/s1. The second-order valence-corrected chi connectivity index (χ2v) is 6.37. The van der Waals surface area contributed by atoms with Gasteiger partial charge in [-0.3, -0.25) is 0 Å². The Hall–Kier alpha value is -1.34. The molecule has 1 saturated heterocycles. The van der Waals surface area contributed by atoms with Crippen molar-refractivity contribution in [2.45, 2.75) is 50.0 Å². The summed E-state index contributed by atoms with van der Waals surface area (Å²) >= 11 is 0. The van der Waals surface area contributed by atoms with E-state index >= 15 is 0 Å². The maximum atomic E-state index is 14.4. The van der Waals surface area contributed by atoms with E-state index in [4.69, 9.17) is 14.2 Å². The molecule has 0 bridgehead atoms. The van der Waals surface area contributed by atoms with Crippen molar-refractivity contribution in [1.29, 1.82) is 0 Å². The summed E-state index contributed by atoms with van der Waals surface area (Å²) in [6, 6.07) is 9.32. The Morgan fingerprint density at radius 2 is 1.96 bits per heavy atom. The number of aliphatic hydroxyl groups excluding tert-OH is 1. The van der Waals surface area contributed by atoms with Gasteiger partial charge in [0, 0.05) is 0 Å². The van der Waals surface area contributed by atoms with Crippen molar-refractivity contribution in [1.82, 2.24) is 0 Å². The second kappa shape index (κ2) is 5.63. The van der Waals surface area contributed by atoms with Crippen LogP contribution in [0.3, 0.4) is 0 Å². The molecule has 4 nitrogen and oxygen atoms in total. The van der Waals surface area contributed by atoms with E-state index in [1.165, 1.54) is 6.08 Å². The quantitative estimate of drug-likeness (QED) is 0.868. The second-order valence-electron chi connectivity index (χ2n) is 6.37. The number of rotatable bonds is 3. The lowest BCUT2D eigenvalue weighted by molar-refractivity contribution is -0.264. The molecule has 1 N–H and O–H groups in total.